The summed E-state index contributed by atoms with van der Waals surface area (Å²) in [4.78, 5) is 2.07. The average Bonchev–Trinajstić information content (AvgIpc) is 2.18. The third kappa shape index (κ3) is 3.77. The van der Waals surface area contributed by atoms with Crippen molar-refractivity contribution >= 4 is 0 Å². The van der Waals surface area contributed by atoms with Crippen LogP contribution in [-0.2, 0) is 6.61 Å². The zero-order valence-electron chi connectivity index (χ0n) is 8.73. The molecule has 0 spiro atoms. The molecule has 3 heteroatoms. The van der Waals surface area contributed by atoms with Gasteiger partial charge in [0.2, 0.25) is 0 Å². The number of hydrogen-bond donors (Lipinski definition) is 1. The molecule has 0 saturated carbocycles. The lowest BCUT2D eigenvalue weighted by Gasteiger charge is -2.11. The van der Waals surface area contributed by atoms with Gasteiger partial charge in [-0.3, -0.25) is 0 Å². The molecule has 1 aromatic carbocycles. The van der Waals surface area contributed by atoms with Crippen molar-refractivity contribution in [3.8, 4) is 5.75 Å². The van der Waals surface area contributed by atoms with E-state index in [1.54, 1.807) is 0 Å². The standard InChI is InChI=1S/C11H17NO2/c1-12(2)6-7-14-11-5-3-4-10(8-11)9-13/h3-5,8,13H,6-7,9H2,1-2H3. The van der Waals surface area contributed by atoms with Crippen molar-refractivity contribution in [1.82, 2.24) is 4.90 Å². The summed E-state index contributed by atoms with van der Waals surface area (Å²) in [6.07, 6.45) is 0. The molecule has 0 fully saturated rings. The van der Waals surface area contributed by atoms with E-state index in [9.17, 15) is 0 Å². The molecule has 0 saturated heterocycles. The molecule has 0 aliphatic rings. The van der Waals surface area contributed by atoms with Gasteiger partial charge >= 0.3 is 0 Å². The molecule has 1 rings (SSSR count). The van der Waals surface area contributed by atoms with Crippen LogP contribution in [0.1, 0.15) is 5.56 Å². The zero-order valence-corrected chi connectivity index (χ0v) is 8.73. The molecule has 14 heavy (non-hydrogen) atoms. The van der Waals surface area contributed by atoms with E-state index in [-0.39, 0.29) is 6.61 Å². The third-order valence-electron chi connectivity index (χ3n) is 1.89. The van der Waals surface area contributed by atoms with E-state index in [2.05, 4.69) is 4.90 Å². The number of aliphatic hydroxyl groups excluding tert-OH is 1. The minimum Gasteiger partial charge on any atom is -0.492 e. The van der Waals surface area contributed by atoms with Gasteiger partial charge in [-0.2, -0.15) is 0 Å². The first kappa shape index (κ1) is 11.0. The van der Waals surface area contributed by atoms with Crippen LogP contribution in [0.25, 0.3) is 0 Å². The first-order chi connectivity index (χ1) is 6.72. The molecule has 0 aliphatic carbocycles. The highest BCUT2D eigenvalue weighted by atomic mass is 16.5. The Bertz CT molecular complexity index is 274. The normalized spacial score (nSPS) is 10.6. The first-order valence-electron chi connectivity index (χ1n) is 4.69. The van der Waals surface area contributed by atoms with Gasteiger partial charge in [0.05, 0.1) is 6.61 Å². The molecular formula is C11H17NO2. The van der Waals surface area contributed by atoms with Crippen molar-refractivity contribution in [1.29, 1.82) is 0 Å². The van der Waals surface area contributed by atoms with E-state index < -0.39 is 0 Å². The predicted octanol–water partition coefficient (Wildman–Crippen LogP) is 1.12. The van der Waals surface area contributed by atoms with Crippen molar-refractivity contribution < 1.29 is 9.84 Å². The van der Waals surface area contributed by atoms with Crippen LogP contribution >= 0.6 is 0 Å². The fourth-order valence-corrected chi connectivity index (χ4v) is 1.08. The van der Waals surface area contributed by atoms with Gasteiger partial charge in [-0.1, -0.05) is 12.1 Å². The fourth-order valence-electron chi connectivity index (χ4n) is 1.08. The number of rotatable bonds is 5. The molecule has 1 aromatic rings. The van der Waals surface area contributed by atoms with Gasteiger partial charge in [0.1, 0.15) is 12.4 Å². The Balaban J connectivity index is 2.42. The Morgan fingerprint density at radius 2 is 2.14 bits per heavy atom. The van der Waals surface area contributed by atoms with Crippen LogP contribution in [-0.4, -0.2) is 37.3 Å². The van der Waals surface area contributed by atoms with Crippen molar-refractivity contribution in [3.05, 3.63) is 29.8 Å². The predicted molar refractivity (Wildman–Crippen MR) is 56.4 cm³/mol. The Morgan fingerprint density at radius 3 is 2.79 bits per heavy atom. The van der Waals surface area contributed by atoms with Crippen LogP contribution in [0.3, 0.4) is 0 Å². The van der Waals surface area contributed by atoms with Crippen molar-refractivity contribution in [3.63, 3.8) is 0 Å². The Kier molecular flexibility index (Phi) is 4.43. The molecular weight excluding hydrogens is 178 g/mol. The van der Waals surface area contributed by atoms with Gasteiger partial charge in [0.25, 0.3) is 0 Å². The van der Waals surface area contributed by atoms with Gasteiger partial charge in [-0.15, -0.1) is 0 Å². The van der Waals surface area contributed by atoms with Gasteiger partial charge in [-0.05, 0) is 31.8 Å². The zero-order chi connectivity index (χ0) is 10.4. The van der Waals surface area contributed by atoms with Crippen LogP contribution in [0.5, 0.6) is 5.75 Å². The summed E-state index contributed by atoms with van der Waals surface area (Å²) in [5.74, 6) is 0.818. The van der Waals surface area contributed by atoms with Gasteiger partial charge in [0, 0.05) is 6.54 Å². The highest BCUT2D eigenvalue weighted by Crippen LogP contribution is 2.12. The van der Waals surface area contributed by atoms with E-state index in [0.29, 0.717) is 6.61 Å². The molecule has 0 heterocycles. The summed E-state index contributed by atoms with van der Waals surface area (Å²) in [7, 11) is 4.01. The largest absolute Gasteiger partial charge is 0.492 e. The number of hydrogen-bond acceptors (Lipinski definition) is 3. The summed E-state index contributed by atoms with van der Waals surface area (Å²) in [6.45, 7) is 1.62. The average molecular weight is 195 g/mol. The number of nitrogens with zero attached hydrogens (tertiary/aromatic N) is 1. The monoisotopic (exact) mass is 195 g/mol. The van der Waals surface area contributed by atoms with Gasteiger partial charge in [0.15, 0.2) is 0 Å². The summed E-state index contributed by atoms with van der Waals surface area (Å²) in [6, 6.07) is 7.51. The van der Waals surface area contributed by atoms with Crippen LogP contribution < -0.4 is 4.74 Å². The maximum absolute atomic E-state index is 8.91. The lowest BCUT2D eigenvalue weighted by Crippen LogP contribution is -2.19. The molecule has 0 atom stereocenters. The number of aliphatic hydroxyl groups is 1. The third-order valence-corrected chi connectivity index (χ3v) is 1.89. The highest BCUT2D eigenvalue weighted by molar-refractivity contribution is 5.27. The molecule has 0 aromatic heterocycles. The SMILES string of the molecule is CN(C)CCOc1cccc(CO)c1. The minimum atomic E-state index is 0.0604. The molecule has 0 aliphatic heterocycles. The second kappa shape index (κ2) is 5.62. The number of benzene rings is 1. The molecule has 0 amide bonds. The first-order valence-corrected chi connectivity index (χ1v) is 4.69. The van der Waals surface area contributed by atoms with Crippen molar-refractivity contribution in [2.24, 2.45) is 0 Å². The Morgan fingerprint density at radius 1 is 1.36 bits per heavy atom. The van der Waals surface area contributed by atoms with E-state index in [1.165, 1.54) is 0 Å². The van der Waals surface area contributed by atoms with Crippen LogP contribution in [0.4, 0.5) is 0 Å². The Hall–Kier alpha value is -1.06. The summed E-state index contributed by atoms with van der Waals surface area (Å²) in [5.41, 5.74) is 0.882. The van der Waals surface area contributed by atoms with E-state index >= 15 is 0 Å². The molecule has 3 nitrogen and oxygen atoms in total. The topological polar surface area (TPSA) is 32.7 Å². The maximum Gasteiger partial charge on any atom is 0.119 e. The molecule has 1 N–H and O–H groups in total. The summed E-state index contributed by atoms with van der Waals surface area (Å²) >= 11 is 0. The highest BCUT2D eigenvalue weighted by Gasteiger charge is 1.96. The van der Waals surface area contributed by atoms with E-state index in [1.807, 2.05) is 38.4 Å². The second-order valence-electron chi connectivity index (χ2n) is 3.46. The molecule has 0 unspecified atom stereocenters. The number of ether oxygens (including phenoxy) is 1. The smallest absolute Gasteiger partial charge is 0.119 e. The quantitative estimate of drug-likeness (QED) is 0.764. The maximum atomic E-state index is 8.91. The van der Waals surface area contributed by atoms with Gasteiger partial charge in [-0.25, -0.2) is 0 Å². The number of likely N-dealkylation sites (N-methyl/N-ethyl adjacent to an activating group) is 1. The minimum absolute atomic E-state index is 0.0604. The lowest BCUT2D eigenvalue weighted by atomic mass is 10.2. The molecule has 78 valence electrons. The van der Waals surface area contributed by atoms with E-state index in [0.717, 1.165) is 17.9 Å². The van der Waals surface area contributed by atoms with Crippen LogP contribution in [0.15, 0.2) is 24.3 Å². The van der Waals surface area contributed by atoms with E-state index in [4.69, 9.17) is 9.84 Å². The molecule has 0 radical (unpaired) electrons. The van der Waals surface area contributed by atoms with Crippen molar-refractivity contribution in [2.75, 3.05) is 27.2 Å². The summed E-state index contributed by atoms with van der Waals surface area (Å²) in [5, 5.41) is 8.91. The second-order valence-corrected chi connectivity index (χ2v) is 3.46. The Labute approximate surface area is 84.9 Å². The van der Waals surface area contributed by atoms with Crippen LogP contribution in [0.2, 0.25) is 0 Å². The lowest BCUT2D eigenvalue weighted by molar-refractivity contribution is 0.258. The van der Waals surface area contributed by atoms with Crippen molar-refractivity contribution in [2.45, 2.75) is 6.61 Å². The molecule has 0 bridgehead atoms. The fraction of sp³-hybridized carbons (Fsp3) is 0.455. The van der Waals surface area contributed by atoms with Gasteiger partial charge < -0.3 is 14.7 Å². The van der Waals surface area contributed by atoms with Crippen LogP contribution in [0, 0.1) is 0 Å². The summed E-state index contributed by atoms with van der Waals surface area (Å²) < 4.78 is 5.51.